The predicted molar refractivity (Wildman–Crippen MR) is 111 cm³/mol. The number of amides is 1. The number of rotatable bonds is 6. The molecule has 12 nitrogen and oxygen atoms in total. The summed E-state index contributed by atoms with van der Waals surface area (Å²) in [5.41, 5.74) is 1.69. The van der Waals surface area contributed by atoms with Gasteiger partial charge >= 0.3 is 0 Å². The Kier molecular flexibility index (Phi) is 4.95. The third-order valence-electron chi connectivity index (χ3n) is 6.03. The summed E-state index contributed by atoms with van der Waals surface area (Å²) in [4.78, 5) is 46.1. The lowest BCUT2D eigenvalue weighted by atomic mass is 10.0. The fraction of sp³-hybridized carbons (Fsp3) is 0.286. The number of hydrazone groups is 1. The Morgan fingerprint density at radius 3 is 2.30 bits per heavy atom. The Hall–Kier alpha value is -4.03. The van der Waals surface area contributed by atoms with Crippen LogP contribution in [0.5, 0.6) is 0 Å². The lowest BCUT2D eigenvalue weighted by Gasteiger charge is -2.18. The molecule has 0 unspecified atom stereocenters. The highest BCUT2D eigenvalue weighted by Crippen LogP contribution is 2.57. The number of carbonyl (C=O) groups is 2. The Morgan fingerprint density at radius 2 is 1.67 bits per heavy atom. The molecule has 1 saturated carbocycles. The van der Waals surface area contributed by atoms with Crippen molar-refractivity contribution in [3.63, 3.8) is 0 Å². The lowest BCUT2D eigenvalue weighted by molar-refractivity contribution is -0.394. The summed E-state index contributed by atoms with van der Waals surface area (Å²) in [7, 11) is 0. The molecular formula is C21H16N4O8. The van der Waals surface area contributed by atoms with E-state index in [0.29, 0.717) is 17.9 Å². The molecule has 168 valence electrons. The molecule has 0 spiro atoms. The molecule has 2 aromatic carbocycles. The van der Waals surface area contributed by atoms with E-state index in [1.54, 1.807) is 24.3 Å². The van der Waals surface area contributed by atoms with Gasteiger partial charge in [-0.15, -0.1) is 0 Å². The van der Waals surface area contributed by atoms with E-state index in [1.165, 1.54) is 0 Å². The summed E-state index contributed by atoms with van der Waals surface area (Å²) in [5, 5.41) is 26.2. The number of hydrogen-bond donors (Lipinski definition) is 1. The normalized spacial score (nSPS) is 28.1. The SMILES string of the molecule is O=C(N/N=C1/[C@H]2OC[C@@H](O2)[C@@H]2[C@H](C(=O)c3ccccc3)[C@@H]12)c1cc([N+](=O)[O-])cc([N+](=O)[O-])c1. The fourth-order valence-electron chi connectivity index (χ4n) is 4.49. The Labute approximate surface area is 185 Å². The summed E-state index contributed by atoms with van der Waals surface area (Å²) in [5.74, 6) is -1.69. The number of ether oxygens (including phenoxy) is 2. The molecule has 1 aliphatic carbocycles. The van der Waals surface area contributed by atoms with Gasteiger partial charge in [0.1, 0.15) is 0 Å². The third kappa shape index (κ3) is 3.64. The van der Waals surface area contributed by atoms with Crippen molar-refractivity contribution in [2.45, 2.75) is 12.4 Å². The van der Waals surface area contributed by atoms with E-state index in [0.717, 1.165) is 18.2 Å². The van der Waals surface area contributed by atoms with Crippen molar-refractivity contribution < 1.29 is 28.9 Å². The lowest BCUT2D eigenvalue weighted by Crippen LogP contribution is -2.33. The number of fused-ring (bicyclic) bond motifs is 4. The van der Waals surface area contributed by atoms with Gasteiger partial charge in [-0.05, 0) is 0 Å². The van der Waals surface area contributed by atoms with Gasteiger partial charge in [-0.2, -0.15) is 5.10 Å². The number of Topliss-reactive ketones (excluding diaryl/α,β-unsaturated/α-hetero) is 1. The monoisotopic (exact) mass is 452 g/mol. The summed E-state index contributed by atoms with van der Waals surface area (Å²) >= 11 is 0. The van der Waals surface area contributed by atoms with Gasteiger partial charge < -0.3 is 9.47 Å². The average Bonchev–Trinajstić information content (AvgIpc) is 3.42. The molecule has 2 aliphatic heterocycles. The van der Waals surface area contributed by atoms with E-state index >= 15 is 0 Å². The summed E-state index contributed by atoms with van der Waals surface area (Å²) in [6.45, 7) is 0.300. The van der Waals surface area contributed by atoms with Gasteiger partial charge in [0, 0.05) is 35.4 Å². The van der Waals surface area contributed by atoms with Gasteiger partial charge in [0.15, 0.2) is 12.1 Å². The van der Waals surface area contributed by atoms with E-state index in [9.17, 15) is 29.8 Å². The van der Waals surface area contributed by atoms with Crippen LogP contribution in [0.25, 0.3) is 0 Å². The van der Waals surface area contributed by atoms with Crippen molar-refractivity contribution in [3.05, 3.63) is 79.9 Å². The van der Waals surface area contributed by atoms with Crippen molar-refractivity contribution in [2.24, 2.45) is 22.9 Å². The minimum Gasteiger partial charge on any atom is -0.344 e. The maximum atomic E-state index is 13.0. The van der Waals surface area contributed by atoms with E-state index in [1.807, 2.05) is 6.07 Å². The second-order valence-electron chi connectivity index (χ2n) is 7.93. The van der Waals surface area contributed by atoms with Crippen molar-refractivity contribution in [1.82, 2.24) is 5.43 Å². The number of non-ortho nitro benzene ring substituents is 2. The third-order valence-corrected chi connectivity index (χ3v) is 6.03. The van der Waals surface area contributed by atoms with Crippen LogP contribution in [0.4, 0.5) is 11.4 Å². The minimum atomic E-state index is -0.877. The molecule has 1 amide bonds. The highest BCUT2D eigenvalue weighted by Gasteiger charge is 2.67. The molecule has 0 aromatic heterocycles. The van der Waals surface area contributed by atoms with Crippen LogP contribution in [-0.4, -0.2) is 46.2 Å². The molecule has 2 heterocycles. The van der Waals surface area contributed by atoms with E-state index in [-0.39, 0.29) is 35.2 Å². The second kappa shape index (κ2) is 7.83. The summed E-state index contributed by atoms with van der Waals surface area (Å²) in [6.07, 6.45) is -1.06. The van der Waals surface area contributed by atoms with Crippen LogP contribution in [0.15, 0.2) is 53.6 Å². The molecule has 0 radical (unpaired) electrons. The first kappa shape index (κ1) is 20.8. The first-order valence-corrected chi connectivity index (χ1v) is 10.0. The van der Waals surface area contributed by atoms with Gasteiger partial charge in [-0.25, -0.2) is 5.43 Å². The Morgan fingerprint density at radius 1 is 1.00 bits per heavy atom. The van der Waals surface area contributed by atoms with Gasteiger partial charge in [0.25, 0.3) is 17.3 Å². The van der Waals surface area contributed by atoms with E-state index < -0.39 is 33.4 Å². The number of hydrogen-bond acceptors (Lipinski definition) is 9. The van der Waals surface area contributed by atoms with Crippen LogP contribution >= 0.6 is 0 Å². The van der Waals surface area contributed by atoms with Crippen molar-refractivity contribution >= 4 is 28.8 Å². The Balaban J connectivity index is 1.39. The molecule has 2 bridgehead atoms. The minimum absolute atomic E-state index is 0.0462. The van der Waals surface area contributed by atoms with Gasteiger partial charge in [0.05, 0.1) is 39.9 Å². The number of benzene rings is 2. The highest BCUT2D eigenvalue weighted by atomic mass is 16.7. The summed E-state index contributed by atoms with van der Waals surface area (Å²) in [6, 6.07) is 11.4. The average molecular weight is 452 g/mol. The van der Waals surface area contributed by atoms with E-state index in [4.69, 9.17) is 9.47 Å². The number of nitrogens with zero attached hydrogens (tertiary/aromatic N) is 3. The molecular weight excluding hydrogens is 436 g/mol. The van der Waals surface area contributed by atoms with Crippen LogP contribution < -0.4 is 5.43 Å². The van der Waals surface area contributed by atoms with E-state index in [2.05, 4.69) is 10.5 Å². The topological polar surface area (TPSA) is 163 Å². The fourth-order valence-corrected chi connectivity index (χ4v) is 4.49. The predicted octanol–water partition coefficient (Wildman–Crippen LogP) is 2.09. The van der Waals surface area contributed by atoms with Crippen LogP contribution in [0.1, 0.15) is 20.7 Å². The summed E-state index contributed by atoms with van der Waals surface area (Å²) < 4.78 is 11.4. The first-order valence-electron chi connectivity index (χ1n) is 10.0. The zero-order valence-corrected chi connectivity index (χ0v) is 16.8. The van der Waals surface area contributed by atoms with Crippen LogP contribution in [-0.2, 0) is 9.47 Å². The molecule has 2 saturated heterocycles. The zero-order valence-electron chi connectivity index (χ0n) is 16.8. The van der Waals surface area contributed by atoms with Crippen LogP contribution in [0.2, 0.25) is 0 Å². The molecule has 2 aromatic rings. The number of nitro benzene ring substituents is 2. The van der Waals surface area contributed by atoms with Crippen LogP contribution in [0.3, 0.4) is 0 Å². The molecule has 12 heteroatoms. The number of nitro groups is 2. The first-order chi connectivity index (χ1) is 15.8. The number of carbonyl (C=O) groups excluding carboxylic acids is 2. The Bertz CT molecular complexity index is 1180. The maximum absolute atomic E-state index is 13.0. The molecule has 33 heavy (non-hydrogen) atoms. The van der Waals surface area contributed by atoms with Crippen molar-refractivity contribution in [3.8, 4) is 0 Å². The highest BCUT2D eigenvalue weighted by molar-refractivity contribution is 6.07. The maximum Gasteiger partial charge on any atom is 0.277 e. The van der Waals surface area contributed by atoms with Crippen LogP contribution in [0, 0.1) is 38.0 Å². The number of ketones is 1. The molecule has 5 rings (SSSR count). The van der Waals surface area contributed by atoms with Crippen molar-refractivity contribution in [1.29, 1.82) is 0 Å². The smallest absolute Gasteiger partial charge is 0.277 e. The molecule has 3 fully saturated rings. The van der Waals surface area contributed by atoms with Crippen molar-refractivity contribution in [2.75, 3.05) is 6.61 Å². The molecule has 1 N–H and O–H groups in total. The quantitative estimate of drug-likeness (QED) is 0.395. The van der Waals surface area contributed by atoms with Gasteiger partial charge in [-0.1, -0.05) is 30.3 Å². The zero-order chi connectivity index (χ0) is 23.3. The second-order valence-corrected chi connectivity index (χ2v) is 7.93. The molecule has 5 atom stereocenters. The number of nitrogens with one attached hydrogen (secondary N) is 1. The van der Waals surface area contributed by atoms with Gasteiger partial charge in [-0.3, -0.25) is 29.8 Å². The largest absolute Gasteiger partial charge is 0.344 e. The standard InChI is InChI=1S/C21H16N4O8/c26-19(10-4-2-1-3-5-10)17-15-14-9-32-21(33-14)18(16(15)17)22-23-20(27)11-6-12(24(28)29)8-13(7-11)25(30)31/h1-8,14-17,21H,9H2,(H,23,27)/b22-18+/t14-,15+,16+,17+,21+/m1/s1. The van der Waals surface area contributed by atoms with Gasteiger partial charge in [0.2, 0.25) is 0 Å². The molecule has 3 aliphatic rings.